The minimum atomic E-state index is -4.56. The van der Waals surface area contributed by atoms with Crippen molar-refractivity contribution in [2.24, 2.45) is 0 Å². The number of anilines is 1. The number of carbonyl (C=O) groups is 1. The van der Waals surface area contributed by atoms with E-state index in [0.29, 0.717) is 12.6 Å². The van der Waals surface area contributed by atoms with Crippen molar-refractivity contribution in [3.05, 3.63) is 60.1 Å². The molecular formula is C20H17F4N7O. The fourth-order valence-corrected chi connectivity index (χ4v) is 4.53. The predicted octanol–water partition coefficient (Wildman–Crippen LogP) is 3.07. The fourth-order valence-electron chi connectivity index (χ4n) is 4.53. The normalized spacial score (nSPS) is 22.4. The highest BCUT2D eigenvalue weighted by Gasteiger charge is 2.49. The van der Waals surface area contributed by atoms with E-state index in [4.69, 9.17) is 0 Å². The fraction of sp³-hybridized carbons (Fsp3) is 0.350. The van der Waals surface area contributed by atoms with E-state index in [1.165, 1.54) is 35.4 Å². The molecule has 2 aliphatic heterocycles. The first kappa shape index (κ1) is 20.3. The molecule has 2 aromatic heterocycles. The van der Waals surface area contributed by atoms with Gasteiger partial charge in [-0.2, -0.15) is 28.2 Å². The third-order valence-corrected chi connectivity index (χ3v) is 5.87. The van der Waals surface area contributed by atoms with Crippen molar-refractivity contribution >= 4 is 11.7 Å². The molecule has 0 radical (unpaired) electrons. The SMILES string of the molecule is O=C(c1ccc(F)cc1-n1nccn1)N1[C@@H]2CC[C@H]1[C@H](Nc1cnc(C(F)(F)F)cn1)C2. The molecule has 1 N–H and O–H groups in total. The van der Waals surface area contributed by atoms with Gasteiger partial charge in [-0.3, -0.25) is 4.79 Å². The van der Waals surface area contributed by atoms with Gasteiger partial charge in [-0.15, -0.1) is 0 Å². The summed E-state index contributed by atoms with van der Waals surface area (Å²) >= 11 is 0. The number of halogens is 4. The molecule has 1 amide bonds. The molecule has 0 aliphatic carbocycles. The van der Waals surface area contributed by atoms with Gasteiger partial charge in [0.25, 0.3) is 5.91 Å². The topological polar surface area (TPSA) is 88.8 Å². The molecule has 2 bridgehead atoms. The van der Waals surface area contributed by atoms with Gasteiger partial charge in [0, 0.05) is 12.1 Å². The van der Waals surface area contributed by atoms with Gasteiger partial charge < -0.3 is 10.2 Å². The monoisotopic (exact) mass is 447 g/mol. The number of amides is 1. The number of nitrogens with zero attached hydrogens (tertiary/aromatic N) is 6. The molecule has 2 fully saturated rings. The minimum Gasteiger partial charge on any atom is -0.364 e. The largest absolute Gasteiger partial charge is 0.434 e. The molecule has 4 heterocycles. The van der Waals surface area contributed by atoms with Crippen LogP contribution >= 0.6 is 0 Å². The van der Waals surface area contributed by atoms with Crippen LogP contribution in [0, 0.1) is 5.82 Å². The Labute approximate surface area is 179 Å². The van der Waals surface area contributed by atoms with Crippen molar-refractivity contribution in [2.45, 2.75) is 43.6 Å². The maximum absolute atomic E-state index is 13.9. The van der Waals surface area contributed by atoms with Crippen LogP contribution in [0.1, 0.15) is 35.3 Å². The molecule has 3 aromatic rings. The number of aromatic nitrogens is 5. The second kappa shape index (κ2) is 7.53. The van der Waals surface area contributed by atoms with Crippen LogP contribution in [-0.4, -0.2) is 53.9 Å². The second-order valence-corrected chi connectivity index (χ2v) is 7.76. The number of fused-ring (bicyclic) bond motifs is 2. The van der Waals surface area contributed by atoms with Crippen LogP contribution in [0.3, 0.4) is 0 Å². The molecule has 0 spiro atoms. The van der Waals surface area contributed by atoms with Crippen LogP contribution in [0.4, 0.5) is 23.4 Å². The molecule has 2 saturated heterocycles. The predicted molar refractivity (Wildman–Crippen MR) is 103 cm³/mol. The summed E-state index contributed by atoms with van der Waals surface area (Å²) in [4.78, 5) is 23.6. The van der Waals surface area contributed by atoms with Gasteiger partial charge >= 0.3 is 6.18 Å². The highest BCUT2D eigenvalue weighted by Crippen LogP contribution is 2.40. The first-order chi connectivity index (χ1) is 15.3. The first-order valence-corrected chi connectivity index (χ1v) is 9.96. The maximum Gasteiger partial charge on any atom is 0.434 e. The van der Waals surface area contributed by atoms with Crippen molar-refractivity contribution in [1.82, 2.24) is 29.9 Å². The smallest absolute Gasteiger partial charge is 0.364 e. The average Bonchev–Trinajstić information content (AvgIpc) is 3.49. The van der Waals surface area contributed by atoms with Crippen molar-refractivity contribution in [3.8, 4) is 5.69 Å². The minimum absolute atomic E-state index is 0.0455. The maximum atomic E-state index is 13.9. The molecule has 0 saturated carbocycles. The molecule has 8 nitrogen and oxygen atoms in total. The molecule has 32 heavy (non-hydrogen) atoms. The van der Waals surface area contributed by atoms with Gasteiger partial charge in [0.15, 0.2) is 5.69 Å². The number of carbonyl (C=O) groups excluding carboxylic acids is 1. The van der Waals surface area contributed by atoms with E-state index in [1.807, 2.05) is 0 Å². The van der Waals surface area contributed by atoms with Crippen molar-refractivity contribution in [2.75, 3.05) is 5.32 Å². The highest BCUT2D eigenvalue weighted by molar-refractivity contribution is 5.98. The molecule has 3 atom stereocenters. The van der Waals surface area contributed by atoms with E-state index in [2.05, 4.69) is 25.5 Å². The third kappa shape index (κ3) is 3.55. The summed E-state index contributed by atoms with van der Waals surface area (Å²) in [5.41, 5.74) is -0.553. The van der Waals surface area contributed by atoms with E-state index in [1.54, 1.807) is 4.90 Å². The van der Waals surface area contributed by atoms with Gasteiger partial charge in [0.1, 0.15) is 17.3 Å². The van der Waals surface area contributed by atoms with Crippen LogP contribution < -0.4 is 5.32 Å². The molecule has 0 unspecified atom stereocenters. The second-order valence-electron chi connectivity index (χ2n) is 7.76. The summed E-state index contributed by atoms with van der Waals surface area (Å²) in [5.74, 6) is -0.572. The van der Waals surface area contributed by atoms with E-state index in [-0.39, 0.29) is 41.1 Å². The number of rotatable bonds is 4. The molecular weight excluding hydrogens is 430 g/mol. The summed E-state index contributed by atoms with van der Waals surface area (Å²) in [7, 11) is 0. The van der Waals surface area contributed by atoms with Crippen LogP contribution in [0.2, 0.25) is 0 Å². The Morgan fingerprint density at radius 2 is 1.88 bits per heavy atom. The van der Waals surface area contributed by atoms with Gasteiger partial charge in [0.2, 0.25) is 0 Å². The number of alkyl halides is 3. The Kier molecular flexibility index (Phi) is 4.79. The summed E-state index contributed by atoms with van der Waals surface area (Å²) < 4.78 is 52.0. The van der Waals surface area contributed by atoms with Gasteiger partial charge in [-0.25, -0.2) is 14.4 Å². The van der Waals surface area contributed by atoms with Gasteiger partial charge in [-0.1, -0.05) is 0 Å². The number of benzene rings is 1. The lowest BCUT2D eigenvalue weighted by atomic mass is 9.95. The molecule has 166 valence electrons. The number of hydrogen-bond donors (Lipinski definition) is 1. The standard InChI is InChI=1S/C20H17F4N7O/c21-11-1-3-13(16(7-11)31-27-5-6-28-31)19(32)30-12-2-4-15(30)14(8-12)29-18-10-25-17(9-26-18)20(22,23)24/h1,3,5-7,9-10,12,14-15H,2,4,8H2,(H,26,29)/t12-,14-,15+/m1/s1. The molecule has 5 rings (SSSR count). The van der Waals surface area contributed by atoms with Crippen molar-refractivity contribution in [3.63, 3.8) is 0 Å². The van der Waals surface area contributed by atoms with E-state index in [9.17, 15) is 22.4 Å². The first-order valence-electron chi connectivity index (χ1n) is 9.96. The molecule has 2 aliphatic rings. The summed E-state index contributed by atoms with van der Waals surface area (Å²) in [5, 5.41) is 11.1. The van der Waals surface area contributed by atoms with E-state index >= 15 is 0 Å². The van der Waals surface area contributed by atoms with Crippen LogP contribution in [0.5, 0.6) is 0 Å². The van der Waals surface area contributed by atoms with Crippen molar-refractivity contribution < 1.29 is 22.4 Å². The Morgan fingerprint density at radius 1 is 1.09 bits per heavy atom. The summed E-state index contributed by atoms with van der Waals surface area (Å²) in [6.45, 7) is 0. The lowest BCUT2D eigenvalue weighted by molar-refractivity contribution is -0.141. The van der Waals surface area contributed by atoms with Crippen LogP contribution in [0.25, 0.3) is 5.69 Å². The average molecular weight is 447 g/mol. The molecule has 1 aromatic carbocycles. The lowest BCUT2D eigenvalue weighted by Gasteiger charge is -2.26. The van der Waals surface area contributed by atoms with Crippen LogP contribution in [0.15, 0.2) is 43.0 Å². The zero-order chi connectivity index (χ0) is 22.5. The molecule has 12 heteroatoms. The van der Waals surface area contributed by atoms with E-state index in [0.717, 1.165) is 19.0 Å². The number of hydrogen-bond acceptors (Lipinski definition) is 6. The lowest BCUT2D eigenvalue weighted by Crippen LogP contribution is -2.40. The third-order valence-electron chi connectivity index (χ3n) is 5.87. The Balaban J connectivity index is 1.37. The number of nitrogens with one attached hydrogen (secondary N) is 1. The highest BCUT2D eigenvalue weighted by atomic mass is 19.4. The van der Waals surface area contributed by atoms with Crippen molar-refractivity contribution in [1.29, 1.82) is 0 Å². The Morgan fingerprint density at radius 3 is 2.56 bits per heavy atom. The summed E-state index contributed by atoms with van der Waals surface area (Å²) in [6, 6.07) is 3.42. The van der Waals surface area contributed by atoms with E-state index < -0.39 is 17.7 Å². The van der Waals surface area contributed by atoms with Gasteiger partial charge in [-0.05, 0) is 31.4 Å². The zero-order valence-corrected chi connectivity index (χ0v) is 16.5. The quantitative estimate of drug-likeness (QED) is 0.619. The van der Waals surface area contributed by atoms with Gasteiger partial charge in [0.05, 0.1) is 42.4 Å². The zero-order valence-electron chi connectivity index (χ0n) is 16.5. The Hall–Kier alpha value is -3.57. The van der Waals surface area contributed by atoms with Crippen LogP contribution in [-0.2, 0) is 6.18 Å². The summed E-state index contributed by atoms with van der Waals surface area (Å²) in [6.07, 6.45) is 2.20. The Bertz CT molecular complexity index is 1130.